The fourth-order valence-electron chi connectivity index (χ4n) is 2.24. The van der Waals surface area contributed by atoms with Crippen LogP contribution in [-0.4, -0.2) is 45.8 Å². The first-order valence-electron chi connectivity index (χ1n) is 4.78. The van der Waals surface area contributed by atoms with Crippen LogP contribution >= 0.6 is 0 Å². The maximum absolute atomic E-state index is 9.43. The van der Waals surface area contributed by atoms with Gasteiger partial charge in [0.05, 0.1) is 25.4 Å². The molecule has 0 aliphatic heterocycles. The van der Waals surface area contributed by atoms with Gasteiger partial charge in [-0.05, 0) is 24.7 Å². The second-order valence-corrected chi connectivity index (χ2v) is 3.76. The standard InChI is InChI=1S/C9H18O4/c10-4-8(12)6-2-1-3-7(6)9(13)5-11/h6-13H,1-5H2. The largest absolute Gasteiger partial charge is 0.394 e. The molecule has 0 radical (unpaired) electrons. The van der Waals surface area contributed by atoms with Crippen LogP contribution in [-0.2, 0) is 0 Å². The number of rotatable bonds is 4. The molecule has 1 aliphatic rings. The highest BCUT2D eigenvalue weighted by molar-refractivity contribution is 4.86. The van der Waals surface area contributed by atoms with Gasteiger partial charge in [-0.2, -0.15) is 0 Å². The van der Waals surface area contributed by atoms with Gasteiger partial charge in [0.25, 0.3) is 0 Å². The van der Waals surface area contributed by atoms with E-state index < -0.39 is 12.2 Å². The van der Waals surface area contributed by atoms with E-state index >= 15 is 0 Å². The van der Waals surface area contributed by atoms with Gasteiger partial charge in [-0.15, -0.1) is 0 Å². The molecule has 4 nitrogen and oxygen atoms in total. The Morgan fingerprint density at radius 2 is 1.31 bits per heavy atom. The molecule has 0 aromatic heterocycles. The zero-order valence-corrected chi connectivity index (χ0v) is 7.63. The van der Waals surface area contributed by atoms with E-state index in [0.717, 1.165) is 19.3 Å². The van der Waals surface area contributed by atoms with Gasteiger partial charge in [-0.1, -0.05) is 6.42 Å². The molecule has 0 spiro atoms. The maximum atomic E-state index is 9.43. The Labute approximate surface area is 77.8 Å². The average Bonchev–Trinajstić information content (AvgIpc) is 2.63. The van der Waals surface area contributed by atoms with Crippen molar-refractivity contribution in [1.29, 1.82) is 0 Å². The summed E-state index contributed by atoms with van der Waals surface area (Å²) in [6.07, 6.45) is 1.08. The third kappa shape index (κ3) is 2.40. The van der Waals surface area contributed by atoms with Crippen molar-refractivity contribution in [2.75, 3.05) is 13.2 Å². The number of hydrogen-bond donors (Lipinski definition) is 4. The zero-order chi connectivity index (χ0) is 9.84. The molecule has 4 N–H and O–H groups in total. The normalized spacial score (nSPS) is 33.2. The number of hydrogen-bond acceptors (Lipinski definition) is 4. The van der Waals surface area contributed by atoms with E-state index in [1.165, 1.54) is 0 Å². The quantitative estimate of drug-likeness (QED) is 0.463. The summed E-state index contributed by atoms with van der Waals surface area (Å²) in [7, 11) is 0. The van der Waals surface area contributed by atoms with Gasteiger partial charge in [0.15, 0.2) is 0 Å². The minimum Gasteiger partial charge on any atom is -0.394 e. The lowest BCUT2D eigenvalue weighted by atomic mass is 9.87. The Kier molecular flexibility index (Phi) is 4.12. The van der Waals surface area contributed by atoms with Gasteiger partial charge in [-0.3, -0.25) is 0 Å². The van der Waals surface area contributed by atoms with Gasteiger partial charge in [0.1, 0.15) is 0 Å². The molecule has 78 valence electrons. The molecule has 0 saturated heterocycles. The molecule has 0 heterocycles. The molecular weight excluding hydrogens is 172 g/mol. The Hall–Kier alpha value is -0.160. The molecule has 4 unspecified atom stereocenters. The van der Waals surface area contributed by atoms with Gasteiger partial charge in [-0.25, -0.2) is 0 Å². The van der Waals surface area contributed by atoms with Crippen LogP contribution in [0, 0.1) is 11.8 Å². The summed E-state index contributed by atoms with van der Waals surface area (Å²) < 4.78 is 0. The molecule has 0 aromatic carbocycles. The van der Waals surface area contributed by atoms with Crippen molar-refractivity contribution >= 4 is 0 Å². The molecule has 0 bridgehead atoms. The Morgan fingerprint density at radius 1 is 0.923 bits per heavy atom. The highest BCUT2D eigenvalue weighted by atomic mass is 16.3. The van der Waals surface area contributed by atoms with Crippen LogP contribution in [0.4, 0.5) is 0 Å². The van der Waals surface area contributed by atoms with Crippen LogP contribution in [0.2, 0.25) is 0 Å². The molecule has 1 rings (SSSR count). The molecule has 4 atom stereocenters. The molecule has 1 fully saturated rings. The van der Waals surface area contributed by atoms with Crippen LogP contribution in [0.5, 0.6) is 0 Å². The van der Waals surface area contributed by atoms with Crippen LogP contribution in [0.25, 0.3) is 0 Å². The summed E-state index contributed by atoms with van der Waals surface area (Å²) >= 11 is 0. The van der Waals surface area contributed by atoms with Gasteiger partial charge in [0.2, 0.25) is 0 Å². The number of aliphatic hydroxyl groups is 4. The molecule has 1 saturated carbocycles. The summed E-state index contributed by atoms with van der Waals surface area (Å²) in [4.78, 5) is 0. The van der Waals surface area contributed by atoms with E-state index in [-0.39, 0.29) is 25.0 Å². The van der Waals surface area contributed by atoms with E-state index in [1.807, 2.05) is 0 Å². The Morgan fingerprint density at radius 3 is 1.62 bits per heavy atom. The minimum absolute atomic E-state index is 0.0628. The fraction of sp³-hybridized carbons (Fsp3) is 1.00. The van der Waals surface area contributed by atoms with Crippen LogP contribution in [0.3, 0.4) is 0 Å². The SMILES string of the molecule is OCC(O)C1CCCC1C(O)CO. The molecule has 0 amide bonds. The van der Waals surface area contributed by atoms with Crippen molar-refractivity contribution in [2.24, 2.45) is 11.8 Å². The molecule has 13 heavy (non-hydrogen) atoms. The van der Waals surface area contributed by atoms with E-state index in [4.69, 9.17) is 10.2 Å². The molecule has 0 aromatic rings. The molecule has 1 aliphatic carbocycles. The number of aliphatic hydroxyl groups excluding tert-OH is 4. The molecule has 4 heteroatoms. The van der Waals surface area contributed by atoms with Gasteiger partial charge in [0, 0.05) is 0 Å². The monoisotopic (exact) mass is 190 g/mol. The average molecular weight is 190 g/mol. The second kappa shape index (κ2) is 4.91. The summed E-state index contributed by atoms with van der Waals surface area (Å²) in [6, 6.07) is 0. The van der Waals surface area contributed by atoms with E-state index in [2.05, 4.69) is 0 Å². The predicted molar refractivity (Wildman–Crippen MR) is 47.0 cm³/mol. The minimum atomic E-state index is -0.756. The van der Waals surface area contributed by atoms with Crippen molar-refractivity contribution in [2.45, 2.75) is 31.5 Å². The first kappa shape index (κ1) is 10.9. The Balaban J connectivity index is 2.52. The van der Waals surface area contributed by atoms with Gasteiger partial charge < -0.3 is 20.4 Å². The van der Waals surface area contributed by atoms with E-state index in [0.29, 0.717) is 0 Å². The third-order valence-electron chi connectivity index (χ3n) is 2.99. The van der Waals surface area contributed by atoms with E-state index in [1.54, 1.807) is 0 Å². The molecular formula is C9H18O4. The lowest BCUT2D eigenvalue weighted by molar-refractivity contribution is -0.0215. The third-order valence-corrected chi connectivity index (χ3v) is 2.99. The summed E-state index contributed by atoms with van der Waals surface area (Å²) in [5.41, 5.74) is 0. The van der Waals surface area contributed by atoms with Crippen molar-refractivity contribution in [3.8, 4) is 0 Å². The second-order valence-electron chi connectivity index (χ2n) is 3.76. The fourth-order valence-corrected chi connectivity index (χ4v) is 2.24. The summed E-state index contributed by atoms with van der Waals surface area (Å²) in [6.45, 7) is -0.529. The van der Waals surface area contributed by atoms with Crippen molar-refractivity contribution in [3.63, 3.8) is 0 Å². The predicted octanol–water partition coefficient (Wildman–Crippen LogP) is -0.891. The topological polar surface area (TPSA) is 80.9 Å². The van der Waals surface area contributed by atoms with Crippen LogP contribution in [0.15, 0.2) is 0 Å². The zero-order valence-electron chi connectivity index (χ0n) is 7.63. The lowest BCUT2D eigenvalue weighted by Crippen LogP contribution is -2.35. The maximum Gasteiger partial charge on any atom is 0.0802 e. The lowest BCUT2D eigenvalue weighted by Gasteiger charge is -2.26. The summed E-state index contributed by atoms with van der Waals surface area (Å²) in [5.74, 6) is -0.126. The highest BCUT2D eigenvalue weighted by Gasteiger charge is 2.36. The van der Waals surface area contributed by atoms with Crippen LogP contribution < -0.4 is 0 Å². The van der Waals surface area contributed by atoms with Crippen molar-refractivity contribution in [3.05, 3.63) is 0 Å². The van der Waals surface area contributed by atoms with Crippen molar-refractivity contribution < 1.29 is 20.4 Å². The highest BCUT2D eigenvalue weighted by Crippen LogP contribution is 2.36. The van der Waals surface area contributed by atoms with Crippen molar-refractivity contribution in [1.82, 2.24) is 0 Å². The van der Waals surface area contributed by atoms with E-state index in [9.17, 15) is 10.2 Å². The first-order valence-corrected chi connectivity index (χ1v) is 4.78. The summed E-state index contributed by atoms with van der Waals surface area (Å²) in [5, 5.41) is 36.4. The van der Waals surface area contributed by atoms with Gasteiger partial charge >= 0.3 is 0 Å². The first-order chi connectivity index (χ1) is 6.20. The smallest absolute Gasteiger partial charge is 0.0802 e. The van der Waals surface area contributed by atoms with Crippen LogP contribution in [0.1, 0.15) is 19.3 Å². The Bertz CT molecular complexity index is 135.